The molecule has 8 heteroatoms. The molecule has 162 valence electrons. The Balaban J connectivity index is 1.96. The summed E-state index contributed by atoms with van der Waals surface area (Å²) in [4.78, 5) is 4.56. The Morgan fingerprint density at radius 1 is 1.06 bits per heavy atom. The Hall–Kier alpha value is -2.35. The number of aryl methyl sites for hydroxylation is 2. The van der Waals surface area contributed by atoms with Gasteiger partial charge in [0.15, 0.2) is 11.5 Å². The third kappa shape index (κ3) is 5.87. The molecule has 0 spiro atoms. The van der Waals surface area contributed by atoms with Gasteiger partial charge in [0.25, 0.3) is 0 Å². The summed E-state index contributed by atoms with van der Waals surface area (Å²) in [5, 5.41) is 0.433. The molecule has 5 nitrogen and oxygen atoms in total. The van der Waals surface area contributed by atoms with Crippen molar-refractivity contribution >= 4 is 49.6 Å². The number of nitrogens with zero attached hydrogens (tertiary/aromatic N) is 1. The van der Waals surface area contributed by atoms with E-state index < -0.39 is 10.1 Å². The molecule has 0 aliphatic carbocycles. The van der Waals surface area contributed by atoms with Crippen LogP contribution in [0.5, 0.6) is 11.5 Å². The Bertz CT molecular complexity index is 1230. The molecule has 0 aromatic heterocycles. The lowest BCUT2D eigenvalue weighted by molar-refractivity contribution is 0.327. The maximum Gasteiger partial charge on any atom is 0.339 e. The first-order valence-corrected chi connectivity index (χ1v) is 12.0. The van der Waals surface area contributed by atoms with Gasteiger partial charge < -0.3 is 8.92 Å². The maximum atomic E-state index is 12.7. The van der Waals surface area contributed by atoms with Crippen molar-refractivity contribution in [1.82, 2.24) is 0 Å². The van der Waals surface area contributed by atoms with Crippen LogP contribution in [-0.4, -0.2) is 21.2 Å². The predicted octanol–water partition coefficient (Wildman–Crippen LogP) is 6.64. The van der Waals surface area contributed by atoms with Crippen molar-refractivity contribution in [3.8, 4) is 11.5 Å². The second-order valence-corrected chi connectivity index (χ2v) is 9.64. The molecule has 0 aliphatic heterocycles. The number of benzene rings is 3. The van der Waals surface area contributed by atoms with Gasteiger partial charge in [0.05, 0.1) is 16.8 Å². The first-order chi connectivity index (χ1) is 14.7. The molecule has 0 radical (unpaired) electrons. The number of aliphatic imine (C=N–C) groups is 1. The van der Waals surface area contributed by atoms with E-state index >= 15 is 0 Å². The highest BCUT2D eigenvalue weighted by atomic mass is 79.9. The Morgan fingerprint density at radius 2 is 1.77 bits per heavy atom. The molecule has 3 aromatic carbocycles. The van der Waals surface area contributed by atoms with E-state index in [1.54, 1.807) is 18.3 Å². The molecule has 0 heterocycles. The average Bonchev–Trinajstić information content (AvgIpc) is 2.71. The van der Waals surface area contributed by atoms with E-state index in [0.29, 0.717) is 16.1 Å². The second-order valence-electron chi connectivity index (χ2n) is 6.80. The normalized spacial score (nSPS) is 11.6. The zero-order valence-corrected chi connectivity index (χ0v) is 20.4. The lowest BCUT2D eigenvalue weighted by Gasteiger charge is -2.14. The minimum Gasteiger partial charge on any atom is -0.490 e. The van der Waals surface area contributed by atoms with Gasteiger partial charge in [0.1, 0.15) is 4.90 Å². The van der Waals surface area contributed by atoms with Crippen LogP contribution in [0.2, 0.25) is 5.02 Å². The van der Waals surface area contributed by atoms with Crippen molar-refractivity contribution in [2.24, 2.45) is 4.99 Å². The van der Waals surface area contributed by atoms with Gasteiger partial charge in [0, 0.05) is 11.2 Å². The van der Waals surface area contributed by atoms with Crippen LogP contribution in [0.1, 0.15) is 23.6 Å². The van der Waals surface area contributed by atoms with Gasteiger partial charge in [-0.25, -0.2) is 0 Å². The summed E-state index contributed by atoms with van der Waals surface area (Å²) in [5.74, 6) is 0.359. The van der Waals surface area contributed by atoms with Gasteiger partial charge in [-0.15, -0.1) is 0 Å². The van der Waals surface area contributed by atoms with Gasteiger partial charge in [-0.1, -0.05) is 23.7 Å². The monoisotopic (exact) mass is 521 g/mol. The Morgan fingerprint density at radius 3 is 2.45 bits per heavy atom. The minimum atomic E-state index is -4.07. The molecule has 0 atom stereocenters. The van der Waals surface area contributed by atoms with Crippen molar-refractivity contribution in [2.45, 2.75) is 25.7 Å². The van der Waals surface area contributed by atoms with E-state index in [1.807, 2.05) is 39.0 Å². The molecule has 0 bridgehead atoms. The van der Waals surface area contributed by atoms with Crippen LogP contribution in [0.4, 0.5) is 5.69 Å². The Labute approximate surface area is 195 Å². The first kappa shape index (κ1) is 23.3. The third-order valence-electron chi connectivity index (χ3n) is 4.34. The molecular weight excluding hydrogens is 502 g/mol. The van der Waals surface area contributed by atoms with Gasteiger partial charge in [-0.05, 0) is 95.9 Å². The van der Waals surface area contributed by atoms with Crippen molar-refractivity contribution in [3.63, 3.8) is 0 Å². The quantitative estimate of drug-likeness (QED) is 0.258. The summed E-state index contributed by atoms with van der Waals surface area (Å²) in [7, 11) is -4.07. The summed E-state index contributed by atoms with van der Waals surface area (Å²) < 4.78 is 36.9. The molecule has 3 rings (SSSR count). The summed E-state index contributed by atoms with van der Waals surface area (Å²) in [6.45, 7) is 6.14. The van der Waals surface area contributed by atoms with E-state index in [1.165, 1.54) is 24.3 Å². The van der Waals surface area contributed by atoms with E-state index in [2.05, 4.69) is 20.9 Å². The highest BCUT2D eigenvalue weighted by molar-refractivity contribution is 9.10. The molecule has 0 unspecified atom stereocenters. The fraction of sp³-hybridized carbons (Fsp3) is 0.174. The van der Waals surface area contributed by atoms with Crippen LogP contribution in [0.15, 0.2) is 69.0 Å². The predicted molar refractivity (Wildman–Crippen MR) is 128 cm³/mol. The molecule has 0 saturated heterocycles. The van der Waals surface area contributed by atoms with Crippen molar-refractivity contribution < 1.29 is 17.3 Å². The molecule has 0 aliphatic rings. The summed E-state index contributed by atoms with van der Waals surface area (Å²) in [6.07, 6.45) is 1.70. The number of ether oxygens (including phenoxy) is 1. The van der Waals surface area contributed by atoms with E-state index in [0.717, 1.165) is 22.4 Å². The lowest BCUT2D eigenvalue weighted by atomic mass is 10.1. The second kappa shape index (κ2) is 9.85. The fourth-order valence-electron chi connectivity index (χ4n) is 2.77. The van der Waals surface area contributed by atoms with Crippen LogP contribution in [0.3, 0.4) is 0 Å². The van der Waals surface area contributed by atoms with E-state index in [-0.39, 0.29) is 16.4 Å². The molecule has 3 aromatic rings. The fourth-order valence-corrected chi connectivity index (χ4v) is 4.50. The molecule has 0 N–H and O–H groups in total. The Kier molecular flexibility index (Phi) is 7.41. The van der Waals surface area contributed by atoms with Crippen LogP contribution in [0, 0.1) is 13.8 Å². The SMILES string of the molecule is CCOc1cc(C=Nc2cc(C)ccc2C)cc(Br)c1OS(=O)(=O)c1ccc(Cl)cc1. The summed E-state index contributed by atoms with van der Waals surface area (Å²) in [5.41, 5.74) is 3.76. The highest BCUT2D eigenvalue weighted by Gasteiger charge is 2.22. The van der Waals surface area contributed by atoms with Crippen LogP contribution in [0.25, 0.3) is 0 Å². The topological polar surface area (TPSA) is 65.0 Å². The largest absolute Gasteiger partial charge is 0.490 e. The number of hydrogen-bond donors (Lipinski definition) is 0. The van der Waals surface area contributed by atoms with Gasteiger partial charge in [-0.3, -0.25) is 4.99 Å². The zero-order chi connectivity index (χ0) is 22.6. The molecular formula is C23H21BrClNO4S. The number of hydrogen-bond acceptors (Lipinski definition) is 5. The van der Waals surface area contributed by atoms with Gasteiger partial charge in [0.2, 0.25) is 0 Å². The lowest BCUT2D eigenvalue weighted by Crippen LogP contribution is -2.11. The molecule has 31 heavy (non-hydrogen) atoms. The number of rotatable bonds is 7. The van der Waals surface area contributed by atoms with Gasteiger partial charge >= 0.3 is 10.1 Å². The molecule has 0 saturated carbocycles. The third-order valence-corrected chi connectivity index (χ3v) is 6.42. The van der Waals surface area contributed by atoms with Crippen LogP contribution < -0.4 is 8.92 Å². The van der Waals surface area contributed by atoms with Gasteiger partial charge in [-0.2, -0.15) is 8.42 Å². The minimum absolute atomic E-state index is 0.00758. The molecule has 0 fully saturated rings. The van der Waals surface area contributed by atoms with Crippen LogP contribution in [-0.2, 0) is 10.1 Å². The number of halogens is 2. The average molecular weight is 523 g/mol. The first-order valence-electron chi connectivity index (χ1n) is 9.47. The maximum absolute atomic E-state index is 12.7. The molecule has 0 amide bonds. The van der Waals surface area contributed by atoms with E-state index in [4.69, 9.17) is 20.5 Å². The van der Waals surface area contributed by atoms with Crippen molar-refractivity contribution in [2.75, 3.05) is 6.61 Å². The van der Waals surface area contributed by atoms with Crippen molar-refractivity contribution in [3.05, 3.63) is 80.8 Å². The van der Waals surface area contributed by atoms with Crippen LogP contribution >= 0.6 is 27.5 Å². The zero-order valence-electron chi connectivity index (χ0n) is 17.2. The standard InChI is InChI=1S/C23H21BrClNO4S/c1-4-29-22-13-17(14-26-21-11-15(2)5-6-16(21)3)12-20(24)23(22)30-31(27,28)19-9-7-18(25)8-10-19/h5-14H,4H2,1-3H3. The summed E-state index contributed by atoms with van der Waals surface area (Å²) in [6, 6.07) is 15.2. The smallest absolute Gasteiger partial charge is 0.339 e. The van der Waals surface area contributed by atoms with Crippen molar-refractivity contribution in [1.29, 1.82) is 0 Å². The van der Waals surface area contributed by atoms with E-state index in [9.17, 15) is 8.42 Å². The summed E-state index contributed by atoms with van der Waals surface area (Å²) >= 11 is 9.25. The highest BCUT2D eigenvalue weighted by Crippen LogP contribution is 2.38.